The topological polar surface area (TPSA) is 67.9 Å². The number of imide groups is 1. The molecule has 2 heterocycles. The third-order valence-corrected chi connectivity index (χ3v) is 4.75. The van der Waals surface area contributed by atoms with Crippen LogP contribution >= 0.6 is 11.6 Å². The molecule has 2 aromatic carbocycles. The lowest BCUT2D eigenvalue weighted by Crippen LogP contribution is -2.33. The molecule has 4 rings (SSSR count). The fourth-order valence-electron chi connectivity index (χ4n) is 3.07. The summed E-state index contributed by atoms with van der Waals surface area (Å²) in [5, 5.41) is 0.473. The van der Waals surface area contributed by atoms with E-state index in [-0.39, 0.29) is 18.0 Å². The van der Waals surface area contributed by atoms with Crippen molar-refractivity contribution >= 4 is 29.1 Å². The molecule has 2 amide bonds. The molecule has 7 heteroatoms. The number of fused-ring (bicyclic) bond motifs is 1. The summed E-state index contributed by atoms with van der Waals surface area (Å²) >= 11 is 6.22. The predicted molar refractivity (Wildman–Crippen MR) is 94.9 cm³/mol. The van der Waals surface area contributed by atoms with Crippen LogP contribution in [0.3, 0.4) is 0 Å². The molecule has 0 aliphatic carbocycles. The summed E-state index contributed by atoms with van der Waals surface area (Å²) in [4.78, 5) is 32.1. The lowest BCUT2D eigenvalue weighted by Gasteiger charge is -2.16. The van der Waals surface area contributed by atoms with Crippen molar-refractivity contribution in [2.45, 2.75) is 12.6 Å². The van der Waals surface area contributed by atoms with E-state index in [1.807, 2.05) is 12.1 Å². The zero-order valence-corrected chi connectivity index (χ0v) is 14.6. The van der Waals surface area contributed by atoms with Crippen LogP contribution in [-0.4, -0.2) is 29.9 Å². The van der Waals surface area contributed by atoms with Gasteiger partial charge in [0.15, 0.2) is 6.10 Å². The van der Waals surface area contributed by atoms with Crippen LogP contribution in [0.1, 0.15) is 11.1 Å². The van der Waals surface area contributed by atoms with E-state index in [0.29, 0.717) is 22.0 Å². The van der Waals surface area contributed by atoms with E-state index in [4.69, 9.17) is 21.2 Å². The molecule has 0 bridgehead atoms. The number of halogens is 1. The maximum Gasteiger partial charge on any atom is 0.266 e. The number of hydrogen-bond donors (Lipinski definition) is 1. The molecule has 1 N–H and O–H groups in total. The van der Waals surface area contributed by atoms with Crippen LogP contribution in [0.15, 0.2) is 54.1 Å². The van der Waals surface area contributed by atoms with E-state index in [1.165, 1.54) is 4.90 Å². The average Bonchev–Trinajstić information content (AvgIpc) is 3.19. The number of hydrogen-bond acceptors (Lipinski definition) is 5. The van der Waals surface area contributed by atoms with Crippen LogP contribution in [0, 0.1) is 0 Å². The SMILES string of the molecule is COc1ccc(CN2C(=O)C3=C(c4ccccc4Cl)NO[C@@H]3C2=O)cc1. The summed E-state index contributed by atoms with van der Waals surface area (Å²) in [5.41, 5.74) is 4.86. The average molecular weight is 371 g/mol. The lowest BCUT2D eigenvalue weighted by atomic mass is 10.0. The fraction of sp³-hybridized carbons (Fsp3) is 0.158. The standard InChI is InChI=1S/C19H15ClN2O4/c1-25-12-8-6-11(7-9-12)10-22-18(23)15-16(21-26-17(15)19(22)24)13-4-2-3-5-14(13)20/h2-9,17,21H,10H2,1H3/t17-/m0/s1. The van der Waals surface area contributed by atoms with Gasteiger partial charge in [0.1, 0.15) is 5.75 Å². The minimum absolute atomic E-state index is 0.167. The number of nitrogens with one attached hydrogen (secondary N) is 1. The Kier molecular flexibility index (Phi) is 4.14. The molecule has 2 aliphatic heterocycles. The summed E-state index contributed by atoms with van der Waals surface area (Å²) in [5.74, 6) is -0.0629. The Hall–Kier alpha value is -2.83. The Balaban J connectivity index is 1.66. The van der Waals surface area contributed by atoms with Crippen LogP contribution in [0.4, 0.5) is 0 Å². The second kappa shape index (κ2) is 6.48. The summed E-state index contributed by atoms with van der Waals surface area (Å²) in [6, 6.07) is 14.3. The van der Waals surface area contributed by atoms with Gasteiger partial charge < -0.3 is 4.74 Å². The van der Waals surface area contributed by atoms with Crippen molar-refractivity contribution in [2.75, 3.05) is 7.11 Å². The van der Waals surface area contributed by atoms with Crippen molar-refractivity contribution < 1.29 is 19.2 Å². The van der Waals surface area contributed by atoms with Crippen molar-refractivity contribution in [1.82, 2.24) is 10.4 Å². The molecule has 26 heavy (non-hydrogen) atoms. The first kappa shape index (κ1) is 16.6. The molecule has 0 unspecified atom stereocenters. The number of rotatable bonds is 4. The molecule has 0 saturated carbocycles. The third kappa shape index (κ3) is 2.64. The predicted octanol–water partition coefficient (Wildman–Crippen LogP) is 2.53. The van der Waals surface area contributed by atoms with Crippen molar-refractivity contribution in [2.24, 2.45) is 0 Å². The zero-order valence-electron chi connectivity index (χ0n) is 13.9. The minimum Gasteiger partial charge on any atom is -0.497 e. The number of hydroxylamine groups is 1. The quantitative estimate of drug-likeness (QED) is 0.838. The first-order valence-corrected chi connectivity index (χ1v) is 8.37. The summed E-state index contributed by atoms with van der Waals surface area (Å²) < 4.78 is 5.12. The Bertz CT molecular complexity index is 923. The van der Waals surface area contributed by atoms with Gasteiger partial charge in [0.2, 0.25) is 0 Å². The maximum atomic E-state index is 12.9. The molecule has 2 aromatic rings. The largest absolute Gasteiger partial charge is 0.497 e. The molecule has 6 nitrogen and oxygen atoms in total. The highest BCUT2D eigenvalue weighted by Crippen LogP contribution is 2.36. The molecule has 1 atom stereocenters. The molecule has 2 aliphatic rings. The Morgan fingerprint density at radius 2 is 1.88 bits per heavy atom. The smallest absolute Gasteiger partial charge is 0.266 e. The van der Waals surface area contributed by atoms with E-state index in [9.17, 15) is 9.59 Å². The van der Waals surface area contributed by atoms with E-state index in [1.54, 1.807) is 43.5 Å². The third-order valence-electron chi connectivity index (χ3n) is 4.42. The van der Waals surface area contributed by atoms with Gasteiger partial charge in [-0.15, -0.1) is 0 Å². The number of likely N-dealkylation sites (tertiary alicyclic amines) is 1. The van der Waals surface area contributed by atoms with E-state index >= 15 is 0 Å². The first-order chi connectivity index (χ1) is 12.6. The number of carbonyl (C=O) groups is 2. The minimum atomic E-state index is -0.952. The van der Waals surface area contributed by atoms with Gasteiger partial charge in [-0.25, -0.2) is 0 Å². The number of carbonyl (C=O) groups excluding carboxylic acids is 2. The van der Waals surface area contributed by atoms with Crippen molar-refractivity contribution in [3.8, 4) is 5.75 Å². The van der Waals surface area contributed by atoms with E-state index in [2.05, 4.69) is 5.48 Å². The van der Waals surface area contributed by atoms with Gasteiger partial charge in [0.05, 0.1) is 24.9 Å². The normalized spacial score (nSPS) is 19.0. The monoisotopic (exact) mass is 370 g/mol. The molecular formula is C19H15ClN2O4. The lowest BCUT2D eigenvalue weighted by molar-refractivity contribution is -0.144. The molecule has 0 radical (unpaired) electrons. The number of methoxy groups -OCH3 is 1. The first-order valence-electron chi connectivity index (χ1n) is 7.99. The van der Waals surface area contributed by atoms with Gasteiger partial charge >= 0.3 is 0 Å². The van der Waals surface area contributed by atoms with Crippen LogP contribution in [-0.2, 0) is 21.0 Å². The molecule has 1 fully saturated rings. The van der Waals surface area contributed by atoms with E-state index < -0.39 is 12.0 Å². The Morgan fingerprint density at radius 3 is 2.58 bits per heavy atom. The highest BCUT2D eigenvalue weighted by atomic mass is 35.5. The molecule has 1 saturated heterocycles. The number of benzene rings is 2. The zero-order chi connectivity index (χ0) is 18.3. The van der Waals surface area contributed by atoms with Crippen LogP contribution in [0.25, 0.3) is 5.70 Å². The van der Waals surface area contributed by atoms with Crippen LogP contribution in [0.5, 0.6) is 5.75 Å². The number of ether oxygens (including phenoxy) is 1. The summed E-state index contributed by atoms with van der Waals surface area (Å²) in [6.45, 7) is 0.167. The number of nitrogens with zero attached hydrogens (tertiary/aromatic N) is 1. The fourth-order valence-corrected chi connectivity index (χ4v) is 3.30. The van der Waals surface area contributed by atoms with Gasteiger partial charge in [0, 0.05) is 10.6 Å². The molecule has 0 aromatic heterocycles. The van der Waals surface area contributed by atoms with Gasteiger partial charge in [-0.1, -0.05) is 41.9 Å². The summed E-state index contributed by atoms with van der Waals surface area (Å²) in [6.07, 6.45) is -0.952. The van der Waals surface area contributed by atoms with Crippen LogP contribution in [0.2, 0.25) is 5.02 Å². The van der Waals surface area contributed by atoms with Gasteiger partial charge in [0.25, 0.3) is 11.8 Å². The summed E-state index contributed by atoms with van der Waals surface area (Å²) in [7, 11) is 1.58. The van der Waals surface area contributed by atoms with Gasteiger partial charge in [-0.3, -0.25) is 24.8 Å². The molecule has 132 valence electrons. The van der Waals surface area contributed by atoms with Crippen LogP contribution < -0.4 is 10.2 Å². The van der Waals surface area contributed by atoms with Crippen molar-refractivity contribution in [3.63, 3.8) is 0 Å². The van der Waals surface area contributed by atoms with E-state index in [0.717, 1.165) is 5.56 Å². The molecular weight excluding hydrogens is 356 g/mol. The Labute approximate surface area is 154 Å². The highest BCUT2D eigenvalue weighted by Gasteiger charge is 2.50. The molecule has 0 spiro atoms. The van der Waals surface area contributed by atoms with Crippen molar-refractivity contribution in [1.29, 1.82) is 0 Å². The maximum absolute atomic E-state index is 12.9. The highest BCUT2D eigenvalue weighted by molar-refractivity contribution is 6.33. The van der Waals surface area contributed by atoms with Crippen molar-refractivity contribution in [3.05, 3.63) is 70.3 Å². The second-order valence-corrected chi connectivity index (χ2v) is 6.35. The second-order valence-electron chi connectivity index (χ2n) is 5.95. The Morgan fingerprint density at radius 1 is 1.15 bits per heavy atom. The van der Waals surface area contributed by atoms with Gasteiger partial charge in [-0.05, 0) is 23.8 Å². The van der Waals surface area contributed by atoms with Gasteiger partial charge in [-0.2, -0.15) is 0 Å². The number of amides is 2.